The van der Waals surface area contributed by atoms with Crippen molar-refractivity contribution in [3.63, 3.8) is 0 Å². The molecule has 2 aliphatic rings. The summed E-state index contributed by atoms with van der Waals surface area (Å²) in [5, 5.41) is 2.89. The van der Waals surface area contributed by atoms with Crippen molar-refractivity contribution in [2.24, 2.45) is 0 Å². The molecule has 2 heterocycles. The smallest absolute Gasteiger partial charge is 0.267 e. The van der Waals surface area contributed by atoms with Crippen LogP contribution in [0.5, 0.6) is 11.5 Å². The van der Waals surface area contributed by atoms with E-state index in [9.17, 15) is 9.59 Å². The number of hydrogen-bond donors (Lipinski definition) is 1. The average Bonchev–Trinajstić information content (AvgIpc) is 3.30. The Bertz CT molecular complexity index is 896. The van der Waals surface area contributed by atoms with E-state index < -0.39 is 12.2 Å². The Balaban J connectivity index is 1.43. The fourth-order valence-corrected chi connectivity index (χ4v) is 3.65. The number of para-hydroxylation sites is 1. The Morgan fingerprint density at radius 3 is 2.83 bits per heavy atom. The van der Waals surface area contributed by atoms with E-state index >= 15 is 0 Å². The van der Waals surface area contributed by atoms with Crippen LogP contribution in [0.2, 0.25) is 0 Å². The number of nitrogens with zero attached hydrogens (tertiary/aromatic N) is 1. The minimum Gasteiger partial charge on any atom is -0.494 e. The predicted octanol–water partition coefficient (Wildman–Crippen LogP) is 3.39. The van der Waals surface area contributed by atoms with Crippen molar-refractivity contribution in [3.05, 3.63) is 48.5 Å². The molecule has 1 fully saturated rings. The largest absolute Gasteiger partial charge is 0.494 e. The zero-order chi connectivity index (χ0) is 20.9. The van der Waals surface area contributed by atoms with Gasteiger partial charge in [-0.15, -0.1) is 0 Å². The van der Waals surface area contributed by atoms with E-state index in [0.717, 1.165) is 18.6 Å². The molecular formula is C23H26N2O5. The molecule has 0 aliphatic carbocycles. The number of hydrogen-bond acceptors (Lipinski definition) is 5. The summed E-state index contributed by atoms with van der Waals surface area (Å²) < 4.78 is 16.9. The van der Waals surface area contributed by atoms with Crippen LogP contribution in [-0.4, -0.2) is 43.8 Å². The molecule has 1 saturated heterocycles. The van der Waals surface area contributed by atoms with Crippen LogP contribution in [-0.2, 0) is 14.3 Å². The predicted molar refractivity (Wildman–Crippen MR) is 113 cm³/mol. The third-order valence-electron chi connectivity index (χ3n) is 5.19. The van der Waals surface area contributed by atoms with Gasteiger partial charge in [-0.2, -0.15) is 0 Å². The van der Waals surface area contributed by atoms with Crippen molar-refractivity contribution < 1.29 is 23.8 Å². The molecule has 0 spiro atoms. The van der Waals surface area contributed by atoms with Crippen molar-refractivity contribution >= 4 is 23.2 Å². The fraction of sp³-hybridized carbons (Fsp3) is 0.391. The summed E-state index contributed by atoms with van der Waals surface area (Å²) in [7, 11) is 0. The van der Waals surface area contributed by atoms with Crippen LogP contribution in [0.15, 0.2) is 48.5 Å². The summed E-state index contributed by atoms with van der Waals surface area (Å²) in [6, 6.07) is 14.9. The first-order valence-electron chi connectivity index (χ1n) is 10.3. The van der Waals surface area contributed by atoms with E-state index in [4.69, 9.17) is 14.2 Å². The molecule has 2 aromatic carbocycles. The van der Waals surface area contributed by atoms with Gasteiger partial charge in [0.15, 0.2) is 6.10 Å². The number of benzene rings is 2. The number of nitrogens with one attached hydrogen (secondary N) is 1. The number of ether oxygens (including phenoxy) is 3. The first-order valence-corrected chi connectivity index (χ1v) is 10.3. The van der Waals surface area contributed by atoms with E-state index in [1.165, 1.54) is 0 Å². The summed E-state index contributed by atoms with van der Waals surface area (Å²) in [5.41, 5.74) is 1.27. The number of carbonyl (C=O) groups is 2. The topological polar surface area (TPSA) is 77.1 Å². The van der Waals surface area contributed by atoms with Crippen molar-refractivity contribution in [3.8, 4) is 11.5 Å². The van der Waals surface area contributed by atoms with Gasteiger partial charge in [-0.25, -0.2) is 0 Å². The second-order valence-electron chi connectivity index (χ2n) is 7.44. The van der Waals surface area contributed by atoms with Gasteiger partial charge in [-0.1, -0.05) is 18.2 Å². The quantitative estimate of drug-likeness (QED) is 0.708. The van der Waals surface area contributed by atoms with Crippen LogP contribution in [0.25, 0.3) is 0 Å². The van der Waals surface area contributed by atoms with Gasteiger partial charge in [0.1, 0.15) is 17.6 Å². The molecule has 0 radical (unpaired) electrons. The van der Waals surface area contributed by atoms with Gasteiger partial charge < -0.3 is 24.4 Å². The summed E-state index contributed by atoms with van der Waals surface area (Å²) in [6.07, 6.45) is 1.31. The summed E-state index contributed by atoms with van der Waals surface area (Å²) in [6.45, 7) is 3.34. The Hall–Kier alpha value is -3.06. The molecule has 2 amide bonds. The lowest BCUT2D eigenvalue weighted by atomic mass is 10.1. The highest BCUT2D eigenvalue weighted by atomic mass is 16.5. The number of anilines is 2. The lowest BCUT2D eigenvalue weighted by Gasteiger charge is -2.33. The molecule has 0 bridgehead atoms. The standard InChI is InChI=1S/C23H26N2O5/c1-16-23(27)25(12-6-14-28-18-7-3-2-4-8-18)19-15-17(10-11-20(19)30-16)24-22(26)21-9-5-13-29-21/h2-4,7-8,10-11,15-16,21H,5-6,9,12-14H2,1H3,(H,24,26). The first kappa shape index (κ1) is 20.2. The fourth-order valence-electron chi connectivity index (χ4n) is 3.65. The van der Waals surface area contributed by atoms with Gasteiger partial charge in [-0.3, -0.25) is 9.59 Å². The van der Waals surface area contributed by atoms with Crippen molar-refractivity contribution in [2.75, 3.05) is 30.0 Å². The molecular weight excluding hydrogens is 384 g/mol. The third-order valence-corrected chi connectivity index (χ3v) is 5.19. The Morgan fingerprint density at radius 1 is 1.23 bits per heavy atom. The molecule has 1 N–H and O–H groups in total. The normalized spacial score (nSPS) is 20.4. The van der Waals surface area contributed by atoms with Gasteiger partial charge >= 0.3 is 0 Å². The van der Waals surface area contributed by atoms with Crippen molar-refractivity contribution in [2.45, 2.75) is 38.4 Å². The van der Waals surface area contributed by atoms with Crippen LogP contribution in [0.1, 0.15) is 26.2 Å². The number of amides is 2. The highest BCUT2D eigenvalue weighted by Gasteiger charge is 2.32. The highest BCUT2D eigenvalue weighted by molar-refractivity contribution is 6.01. The van der Waals surface area contributed by atoms with E-state index in [1.807, 2.05) is 30.3 Å². The molecule has 0 aromatic heterocycles. The highest BCUT2D eigenvalue weighted by Crippen LogP contribution is 2.36. The lowest BCUT2D eigenvalue weighted by molar-refractivity contribution is -0.125. The van der Waals surface area contributed by atoms with Gasteiger partial charge in [-0.05, 0) is 56.5 Å². The molecule has 2 atom stereocenters. The van der Waals surface area contributed by atoms with E-state index in [0.29, 0.717) is 43.3 Å². The molecule has 7 heteroatoms. The minimum absolute atomic E-state index is 0.107. The molecule has 2 unspecified atom stereocenters. The maximum Gasteiger partial charge on any atom is 0.267 e. The molecule has 7 nitrogen and oxygen atoms in total. The molecule has 2 aromatic rings. The number of rotatable bonds is 7. The SMILES string of the molecule is CC1Oc2ccc(NC(=O)C3CCCO3)cc2N(CCCOc2ccccc2)C1=O. The Morgan fingerprint density at radius 2 is 2.07 bits per heavy atom. The van der Waals surface area contributed by atoms with Gasteiger partial charge in [0.05, 0.1) is 12.3 Å². The summed E-state index contributed by atoms with van der Waals surface area (Å²) in [4.78, 5) is 26.8. The number of carbonyl (C=O) groups excluding carboxylic acids is 2. The molecule has 158 valence electrons. The average molecular weight is 410 g/mol. The van der Waals surface area contributed by atoms with E-state index in [2.05, 4.69) is 5.32 Å². The minimum atomic E-state index is -0.556. The molecule has 4 rings (SSSR count). The molecule has 30 heavy (non-hydrogen) atoms. The monoisotopic (exact) mass is 410 g/mol. The Labute approximate surface area is 175 Å². The molecule has 0 saturated carbocycles. The van der Waals surface area contributed by atoms with Crippen LogP contribution in [0, 0.1) is 0 Å². The lowest BCUT2D eigenvalue weighted by Crippen LogP contribution is -2.45. The summed E-state index contributed by atoms with van der Waals surface area (Å²) >= 11 is 0. The second-order valence-corrected chi connectivity index (χ2v) is 7.44. The maximum atomic E-state index is 12.7. The van der Waals surface area contributed by atoms with Crippen molar-refractivity contribution in [1.29, 1.82) is 0 Å². The number of fused-ring (bicyclic) bond motifs is 1. The maximum absolute atomic E-state index is 12.7. The van der Waals surface area contributed by atoms with Gasteiger partial charge in [0.25, 0.3) is 11.8 Å². The van der Waals surface area contributed by atoms with Gasteiger partial charge in [0.2, 0.25) is 0 Å². The molecule has 2 aliphatic heterocycles. The zero-order valence-corrected chi connectivity index (χ0v) is 17.0. The summed E-state index contributed by atoms with van der Waals surface area (Å²) in [5.74, 6) is 1.16. The van der Waals surface area contributed by atoms with Crippen LogP contribution >= 0.6 is 0 Å². The zero-order valence-electron chi connectivity index (χ0n) is 17.0. The first-order chi connectivity index (χ1) is 14.6. The van der Waals surface area contributed by atoms with Crippen LogP contribution < -0.4 is 19.7 Å². The Kier molecular flexibility index (Phi) is 6.18. The van der Waals surface area contributed by atoms with E-state index in [1.54, 1.807) is 30.0 Å². The van der Waals surface area contributed by atoms with Crippen molar-refractivity contribution in [1.82, 2.24) is 0 Å². The second kappa shape index (κ2) is 9.17. The van der Waals surface area contributed by atoms with Crippen LogP contribution in [0.3, 0.4) is 0 Å². The van der Waals surface area contributed by atoms with E-state index in [-0.39, 0.29) is 11.8 Å². The third kappa shape index (κ3) is 4.57. The van der Waals surface area contributed by atoms with Crippen LogP contribution in [0.4, 0.5) is 11.4 Å². The van der Waals surface area contributed by atoms with Gasteiger partial charge in [0, 0.05) is 18.8 Å².